The second kappa shape index (κ2) is 9.07. The molecule has 1 fully saturated rings. The third-order valence-electron chi connectivity index (χ3n) is 5.84. The molecule has 0 spiro atoms. The van der Waals surface area contributed by atoms with Gasteiger partial charge in [0, 0.05) is 31.7 Å². The van der Waals surface area contributed by atoms with Crippen LogP contribution in [0.3, 0.4) is 0 Å². The highest BCUT2D eigenvalue weighted by Crippen LogP contribution is 2.24. The van der Waals surface area contributed by atoms with E-state index < -0.39 is 0 Å². The van der Waals surface area contributed by atoms with E-state index in [0.717, 1.165) is 42.4 Å². The SMILES string of the molecule is Cc1ccc(-c2noc([C@@H](C)N3CCN(Cn4[nH]c(-c5cccs5)nc4=S)CC3)n2)cc1. The van der Waals surface area contributed by atoms with E-state index >= 15 is 0 Å². The average molecular weight is 468 g/mol. The molecule has 1 aromatic carbocycles. The first-order valence-corrected chi connectivity index (χ1v) is 11.9. The highest BCUT2D eigenvalue weighted by Gasteiger charge is 2.26. The molecule has 1 aliphatic rings. The number of nitrogens with one attached hydrogen (secondary N) is 1. The van der Waals surface area contributed by atoms with E-state index in [1.165, 1.54) is 5.56 Å². The molecule has 1 N–H and O–H groups in total. The van der Waals surface area contributed by atoms with Crippen molar-refractivity contribution in [3.63, 3.8) is 0 Å². The number of hydrogen-bond acceptors (Lipinski definition) is 8. The Morgan fingerprint density at radius 3 is 2.62 bits per heavy atom. The number of H-pyrrole nitrogens is 1. The largest absolute Gasteiger partial charge is 0.337 e. The molecule has 4 heterocycles. The van der Waals surface area contributed by atoms with Gasteiger partial charge in [-0.1, -0.05) is 41.1 Å². The van der Waals surface area contributed by atoms with Gasteiger partial charge in [0.2, 0.25) is 16.5 Å². The summed E-state index contributed by atoms with van der Waals surface area (Å²) in [6.07, 6.45) is 0. The van der Waals surface area contributed by atoms with E-state index in [1.54, 1.807) is 11.3 Å². The van der Waals surface area contributed by atoms with E-state index in [1.807, 2.05) is 34.3 Å². The minimum absolute atomic E-state index is 0.0728. The maximum absolute atomic E-state index is 5.59. The van der Waals surface area contributed by atoms with Crippen molar-refractivity contribution in [2.45, 2.75) is 26.6 Å². The Morgan fingerprint density at radius 2 is 1.91 bits per heavy atom. The monoisotopic (exact) mass is 467 g/mol. The van der Waals surface area contributed by atoms with Crippen molar-refractivity contribution >= 4 is 23.6 Å². The molecule has 1 saturated heterocycles. The average Bonchev–Trinajstić information content (AvgIpc) is 3.56. The third-order valence-corrected chi connectivity index (χ3v) is 7.03. The minimum Gasteiger partial charge on any atom is -0.337 e. The molecule has 0 bridgehead atoms. The molecule has 166 valence electrons. The van der Waals surface area contributed by atoms with Crippen molar-refractivity contribution in [1.82, 2.24) is 34.7 Å². The quantitative estimate of drug-likeness (QED) is 0.422. The number of thiophene rings is 1. The lowest BCUT2D eigenvalue weighted by Crippen LogP contribution is -2.47. The van der Waals surface area contributed by atoms with E-state index in [2.05, 4.69) is 56.0 Å². The molecule has 32 heavy (non-hydrogen) atoms. The predicted molar refractivity (Wildman–Crippen MR) is 127 cm³/mol. The lowest BCUT2D eigenvalue weighted by atomic mass is 10.1. The Hall–Kier alpha value is -2.66. The summed E-state index contributed by atoms with van der Waals surface area (Å²) in [5.74, 6) is 2.13. The number of piperazine rings is 1. The summed E-state index contributed by atoms with van der Waals surface area (Å²) in [4.78, 5) is 15.0. The lowest BCUT2D eigenvalue weighted by Gasteiger charge is -2.36. The smallest absolute Gasteiger partial charge is 0.244 e. The van der Waals surface area contributed by atoms with Gasteiger partial charge in [0.05, 0.1) is 17.6 Å². The van der Waals surface area contributed by atoms with Gasteiger partial charge in [-0.15, -0.1) is 11.3 Å². The number of benzene rings is 1. The number of aromatic nitrogens is 5. The molecular formula is C22H25N7OS2. The topological polar surface area (TPSA) is 79.0 Å². The highest BCUT2D eigenvalue weighted by atomic mass is 32.1. The molecule has 0 saturated carbocycles. The molecule has 10 heteroatoms. The van der Waals surface area contributed by atoms with Crippen LogP contribution in [0.4, 0.5) is 0 Å². The molecular weight excluding hydrogens is 442 g/mol. The molecule has 5 rings (SSSR count). The van der Waals surface area contributed by atoms with Crippen molar-refractivity contribution in [3.05, 3.63) is 58.0 Å². The summed E-state index contributed by atoms with van der Waals surface area (Å²) in [5, 5.41) is 9.56. The number of aromatic amines is 1. The van der Waals surface area contributed by atoms with Gasteiger partial charge in [-0.2, -0.15) is 9.97 Å². The van der Waals surface area contributed by atoms with E-state index in [0.29, 0.717) is 23.2 Å². The standard InChI is InChI=1S/C22H25N7OS2/c1-15-5-7-17(8-6-15)19-23-21(30-26-19)16(2)28-11-9-27(10-12-28)14-29-22(31)24-20(25-29)18-4-3-13-32-18/h3-8,13,16H,9-12,14H2,1-2H3,(H,24,25,31)/t16-/m1/s1. The summed E-state index contributed by atoms with van der Waals surface area (Å²) in [6, 6.07) is 12.3. The Kier molecular flexibility index (Phi) is 6.01. The Labute approximate surface area is 195 Å². The summed E-state index contributed by atoms with van der Waals surface area (Å²) < 4.78 is 8.12. The first kappa shape index (κ1) is 21.2. The van der Waals surface area contributed by atoms with E-state index in [-0.39, 0.29) is 6.04 Å². The normalized spacial score (nSPS) is 16.4. The Balaban J connectivity index is 1.19. The molecule has 4 aromatic rings. The van der Waals surface area contributed by atoms with Crippen LogP contribution in [0.15, 0.2) is 46.3 Å². The van der Waals surface area contributed by atoms with Crippen molar-refractivity contribution in [1.29, 1.82) is 0 Å². The molecule has 3 aromatic heterocycles. The van der Waals surface area contributed by atoms with Crippen LogP contribution in [0.2, 0.25) is 0 Å². The van der Waals surface area contributed by atoms with Crippen LogP contribution >= 0.6 is 23.6 Å². The molecule has 0 amide bonds. The first-order valence-electron chi connectivity index (χ1n) is 10.6. The highest BCUT2D eigenvalue weighted by molar-refractivity contribution is 7.71. The number of hydrogen-bond donors (Lipinski definition) is 1. The lowest BCUT2D eigenvalue weighted by molar-refractivity contribution is 0.0685. The number of aryl methyl sites for hydroxylation is 1. The third kappa shape index (κ3) is 4.44. The minimum atomic E-state index is 0.0728. The van der Waals surface area contributed by atoms with Crippen molar-refractivity contribution in [2.75, 3.05) is 26.2 Å². The van der Waals surface area contributed by atoms with Crippen LogP contribution in [0.5, 0.6) is 0 Å². The molecule has 1 atom stereocenters. The maximum atomic E-state index is 5.59. The predicted octanol–water partition coefficient (Wildman–Crippen LogP) is 4.36. The van der Waals surface area contributed by atoms with Crippen LogP contribution in [0.1, 0.15) is 24.4 Å². The second-order valence-corrected chi connectivity index (χ2v) is 9.37. The van der Waals surface area contributed by atoms with Gasteiger partial charge in [0.25, 0.3) is 0 Å². The zero-order chi connectivity index (χ0) is 22.1. The zero-order valence-corrected chi connectivity index (χ0v) is 19.7. The molecule has 8 nitrogen and oxygen atoms in total. The van der Waals surface area contributed by atoms with Gasteiger partial charge < -0.3 is 4.52 Å². The molecule has 1 aliphatic heterocycles. The number of nitrogens with zero attached hydrogens (tertiary/aromatic N) is 6. The molecule has 0 radical (unpaired) electrons. The van der Waals surface area contributed by atoms with Gasteiger partial charge in [-0.3, -0.25) is 14.9 Å². The van der Waals surface area contributed by atoms with Gasteiger partial charge in [0.1, 0.15) is 0 Å². The number of rotatable bonds is 6. The van der Waals surface area contributed by atoms with Crippen LogP contribution < -0.4 is 0 Å². The fourth-order valence-corrected chi connectivity index (χ4v) is 4.71. The van der Waals surface area contributed by atoms with Crippen LogP contribution in [-0.2, 0) is 6.67 Å². The van der Waals surface area contributed by atoms with Crippen LogP contribution in [0.25, 0.3) is 22.1 Å². The second-order valence-electron chi connectivity index (χ2n) is 8.05. The van der Waals surface area contributed by atoms with Crippen LogP contribution in [-0.4, -0.2) is 60.9 Å². The van der Waals surface area contributed by atoms with Gasteiger partial charge >= 0.3 is 0 Å². The van der Waals surface area contributed by atoms with Gasteiger partial charge in [-0.25, -0.2) is 4.68 Å². The Morgan fingerprint density at radius 1 is 1.12 bits per heavy atom. The van der Waals surface area contributed by atoms with Crippen LogP contribution in [0, 0.1) is 11.7 Å². The fraction of sp³-hybridized carbons (Fsp3) is 0.364. The summed E-state index contributed by atoms with van der Waals surface area (Å²) in [5.41, 5.74) is 2.18. The maximum Gasteiger partial charge on any atom is 0.244 e. The summed E-state index contributed by atoms with van der Waals surface area (Å²) >= 11 is 7.11. The van der Waals surface area contributed by atoms with Crippen molar-refractivity contribution < 1.29 is 4.52 Å². The van der Waals surface area contributed by atoms with Crippen molar-refractivity contribution in [2.24, 2.45) is 0 Å². The van der Waals surface area contributed by atoms with Crippen molar-refractivity contribution in [3.8, 4) is 22.1 Å². The van der Waals surface area contributed by atoms with E-state index in [9.17, 15) is 0 Å². The molecule has 0 aliphatic carbocycles. The Bertz CT molecular complexity index is 1220. The summed E-state index contributed by atoms with van der Waals surface area (Å²) in [7, 11) is 0. The zero-order valence-electron chi connectivity index (χ0n) is 18.1. The molecule has 0 unspecified atom stereocenters. The summed E-state index contributed by atoms with van der Waals surface area (Å²) in [6.45, 7) is 8.59. The van der Waals surface area contributed by atoms with Gasteiger partial charge in [0.15, 0.2) is 5.82 Å². The fourth-order valence-electron chi connectivity index (χ4n) is 3.85. The van der Waals surface area contributed by atoms with Gasteiger partial charge in [-0.05, 0) is 37.5 Å². The first-order chi connectivity index (χ1) is 15.6. The van der Waals surface area contributed by atoms with E-state index in [4.69, 9.17) is 16.7 Å².